The van der Waals surface area contributed by atoms with Crippen molar-refractivity contribution in [3.63, 3.8) is 0 Å². The molecule has 0 saturated carbocycles. The summed E-state index contributed by atoms with van der Waals surface area (Å²) in [5.41, 5.74) is 12.0. The van der Waals surface area contributed by atoms with E-state index in [9.17, 15) is 0 Å². The Labute approximate surface area is 202 Å². The number of aryl methyl sites for hydroxylation is 6. The van der Waals surface area contributed by atoms with Gasteiger partial charge in [0.2, 0.25) is 0 Å². The van der Waals surface area contributed by atoms with Crippen LogP contribution < -0.4 is 14.2 Å². The summed E-state index contributed by atoms with van der Waals surface area (Å²) in [6, 6.07) is 20.0. The third kappa shape index (κ3) is 3.84. The van der Waals surface area contributed by atoms with Crippen LogP contribution in [0.15, 0.2) is 54.6 Å². The van der Waals surface area contributed by atoms with Crippen LogP contribution in [0.4, 0.5) is 17.1 Å². The molecule has 1 heterocycles. The van der Waals surface area contributed by atoms with Gasteiger partial charge in [-0.3, -0.25) is 0 Å². The van der Waals surface area contributed by atoms with Gasteiger partial charge in [0, 0.05) is 17.1 Å². The largest absolute Gasteiger partial charge is 0.425 e. The van der Waals surface area contributed by atoms with E-state index in [4.69, 9.17) is 0 Å². The molecule has 0 amide bonds. The smallest absolute Gasteiger partial charge is 0.349 e. The minimum absolute atomic E-state index is 0.204. The minimum atomic E-state index is 0.204. The highest BCUT2D eigenvalue weighted by Gasteiger charge is 2.49. The Kier molecular flexibility index (Phi) is 6.31. The summed E-state index contributed by atoms with van der Waals surface area (Å²) in [6.45, 7) is 21.2. The second-order valence-electron chi connectivity index (χ2n) is 9.84. The topological polar surface area (TPSA) is 9.72 Å². The molecule has 6 heteroatoms. The molecule has 3 nitrogen and oxygen atoms in total. The molecular formula is C27H36B3N3. The van der Waals surface area contributed by atoms with Crippen molar-refractivity contribution in [3.8, 4) is 0 Å². The molecule has 0 atom stereocenters. The maximum Gasteiger partial charge on any atom is 0.349 e. The molecule has 33 heavy (non-hydrogen) atoms. The maximum atomic E-state index is 2.63. The second-order valence-corrected chi connectivity index (χ2v) is 9.84. The van der Waals surface area contributed by atoms with E-state index in [-0.39, 0.29) is 20.9 Å². The molecule has 0 unspecified atom stereocenters. The standard InChI is InChI=1S/C27H36B3N3/c1-19-13-10-14-20(2)25(19)31-28(7)32(26-21(3)15-11-16-22(26)4)30(9)33(29(31)8)27-23(5)17-12-18-24(27)6/h10-18H,1-9H3. The first-order valence-electron chi connectivity index (χ1n) is 12.2. The summed E-state index contributed by atoms with van der Waals surface area (Å²) in [4.78, 5) is 0. The average molecular weight is 435 g/mol. The molecule has 3 aromatic rings. The lowest BCUT2D eigenvalue weighted by Crippen LogP contribution is -2.77. The fraction of sp³-hybridized carbons (Fsp3) is 0.333. The molecule has 3 aromatic carbocycles. The van der Waals surface area contributed by atoms with Gasteiger partial charge in [0.05, 0.1) is 0 Å². The van der Waals surface area contributed by atoms with E-state index < -0.39 is 0 Å². The van der Waals surface area contributed by atoms with Gasteiger partial charge in [-0.25, -0.2) is 0 Å². The highest BCUT2D eigenvalue weighted by Crippen LogP contribution is 2.39. The Morgan fingerprint density at radius 2 is 0.576 bits per heavy atom. The van der Waals surface area contributed by atoms with Gasteiger partial charge in [0.1, 0.15) is 0 Å². The van der Waals surface area contributed by atoms with Crippen molar-refractivity contribution in [3.05, 3.63) is 88.0 Å². The molecule has 1 saturated heterocycles. The molecule has 1 fully saturated rings. The summed E-state index contributed by atoms with van der Waals surface area (Å²) in [7, 11) is 0. The number of hydrogen-bond donors (Lipinski definition) is 0. The highest BCUT2D eigenvalue weighted by molar-refractivity contribution is 7.04. The first kappa shape index (κ1) is 23.4. The minimum Gasteiger partial charge on any atom is -0.425 e. The normalized spacial score (nSPS) is 14.5. The van der Waals surface area contributed by atoms with Crippen LogP contribution in [0.3, 0.4) is 0 Å². The van der Waals surface area contributed by atoms with Crippen molar-refractivity contribution >= 4 is 38.0 Å². The van der Waals surface area contributed by atoms with Gasteiger partial charge in [-0.05, 0) is 95.4 Å². The van der Waals surface area contributed by atoms with Gasteiger partial charge in [-0.1, -0.05) is 54.6 Å². The van der Waals surface area contributed by atoms with Gasteiger partial charge >= 0.3 is 20.9 Å². The first-order valence-corrected chi connectivity index (χ1v) is 12.2. The molecule has 4 rings (SSSR count). The van der Waals surface area contributed by atoms with Crippen LogP contribution >= 0.6 is 0 Å². The van der Waals surface area contributed by atoms with Crippen molar-refractivity contribution in [2.24, 2.45) is 0 Å². The van der Waals surface area contributed by atoms with E-state index in [0.29, 0.717) is 0 Å². The van der Waals surface area contributed by atoms with E-state index in [1.165, 1.54) is 50.4 Å². The number of nitrogens with zero attached hydrogens (tertiary/aromatic N) is 3. The van der Waals surface area contributed by atoms with Gasteiger partial charge in [-0.15, -0.1) is 0 Å². The molecule has 0 spiro atoms. The van der Waals surface area contributed by atoms with Crippen LogP contribution in [0.25, 0.3) is 0 Å². The van der Waals surface area contributed by atoms with Crippen LogP contribution in [0.5, 0.6) is 0 Å². The monoisotopic (exact) mass is 435 g/mol. The molecule has 1 aliphatic rings. The Bertz CT molecular complexity index is 960. The summed E-state index contributed by atoms with van der Waals surface area (Å²) in [6.07, 6.45) is 0. The number of benzene rings is 3. The molecule has 0 aromatic heterocycles. The Hall–Kier alpha value is -2.75. The van der Waals surface area contributed by atoms with Crippen molar-refractivity contribution in [2.75, 3.05) is 14.2 Å². The predicted octanol–water partition coefficient (Wildman–Crippen LogP) is 6.72. The quantitative estimate of drug-likeness (QED) is 0.423. The number of para-hydroxylation sites is 3. The highest BCUT2D eigenvalue weighted by atomic mass is 15.3. The van der Waals surface area contributed by atoms with E-state index >= 15 is 0 Å². The van der Waals surface area contributed by atoms with E-state index in [2.05, 4.69) is 131 Å². The zero-order valence-electron chi connectivity index (χ0n) is 21.8. The van der Waals surface area contributed by atoms with E-state index in [1.807, 2.05) is 0 Å². The molecule has 0 radical (unpaired) electrons. The average Bonchev–Trinajstić information content (AvgIpc) is 2.74. The van der Waals surface area contributed by atoms with Crippen LogP contribution in [0, 0.1) is 41.5 Å². The van der Waals surface area contributed by atoms with Gasteiger partial charge < -0.3 is 14.2 Å². The number of rotatable bonds is 3. The molecule has 0 aliphatic carbocycles. The zero-order chi connectivity index (χ0) is 24.0. The van der Waals surface area contributed by atoms with Crippen molar-refractivity contribution in [1.29, 1.82) is 0 Å². The molecule has 0 N–H and O–H groups in total. The predicted molar refractivity (Wildman–Crippen MR) is 150 cm³/mol. The Balaban J connectivity index is 1.99. The third-order valence-corrected chi connectivity index (χ3v) is 7.51. The van der Waals surface area contributed by atoms with Crippen molar-refractivity contribution in [2.45, 2.75) is 62.0 Å². The van der Waals surface area contributed by atoms with Gasteiger partial charge in [0.25, 0.3) is 0 Å². The van der Waals surface area contributed by atoms with Crippen LogP contribution in [-0.4, -0.2) is 20.9 Å². The van der Waals surface area contributed by atoms with Crippen LogP contribution in [0.1, 0.15) is 33.4 Å². The lowest BCUT2D eigenvalue weighted by molar-refractivity contribution is 1.19. The SMILES string of the molecule is CB1N(c2c(C)cccc2C)B(C)N(c2c(C)cccc2C)B(C)N1c1c(C)cccc1C. The zero-order valence-corrected chi connectivity index (χ0v) is 21.8. The lowest BCUT2D eigenvalue weighted by atomic mass is 9.43. The number of hydrogen-bond acceptors (Lipinski definition) is 3. The summed E-state index contributed by atoms with van der Waals surface area (Å²) < 4.78 is 7.88. The Morgan fingerprint density at radius 1 is 0.394 bits per heavy atom. The van der Waals surface area contributed by atoms with Gasteiger partial charge in [-0.2, -0.15) is 0 Å². The second kappa shape index (κ2) is 8.89. The molecule has 1 aliphatic heterocycles. The fourth-order valence-electron chi connectivity index (χ4n) is 6.10. The van der Waals surface area contributed by atoms with E-state index in [1.54, 1.807) is 0 Å². The Morgan fingerprint density at radius 3 is 0.758 bits per heavy atom. The van der Waals surface area contributed by atoms with Crippen LogP contribution in [0.2, 0.25) is 20.5 Å². The molecular weight excluding hydrogens is 399 g/mol. The summed E-state index contributed by atoms with van der Waals surface area (Å²) >= 11 is 0. The number of anilines is 3. The van der Waals surface area contributed by atoms with E-state index in [0.717, 1.165) is 0 Å². The van der Waals surface area contributed by atoms with Crippen molar-refractivity contribution < 1.29 is 0 Å². The molecule has 0 bridgehead atoms. The maximum absolute atomic E-state index is 2.63. The van der Waals surface area contributed by atoms with Crippen LogP contribution in [-0.2, 0) is 0 Å². The summed E-state index contributed by atoms with van der Waals surface area (Å²) in [5.74, 6) is 0. The van der Waals surface area contributed by atoms with Crippen molar-refractivity contribution in [1.82, 2.24) is 0 Å². The third-order valence-electron chi connectivity index (χ3n) is 7.51. The first-order chi connectivity index (χ1) is 15.6. The molecule has 168 valence electrons. The summed E-state index contributed by atoms with van der Waals surface area (Å²) in [5, 5.41) is 0. The lowest BCUT2D eigenvalue weighted by Gasteiger charge is -2.56. The van der Waals surface area contributed by atoms with Gasteiger partial charge in [0.15, 0.2) is 0 Å². The fourth-order valence-corrected chi connectivity index (χ4v) is 6.10.